The van der Waals surface area contributed by atoms with Gasteiger partial charge < -0.3 is 5.11 Å². The zero-order chi connectivity index (χ0) is 19.2. The Morgan fingerprint density at radius 1 is 1.22 bits per heavy atom. The number of carbonyl (C=O) groups is 1. The summed E-state index contributed by atoms with van der Waals surface area (Å²) in [5.74, 6) is -0.526. The molecule has 0 spiro atoms. The maximum atomic E-state index is 10.7. The predicted octanol–water partition coefficient (Wildman–Crippen LogP) is 2.13. The van der Waals surface area contributed by atoms with Crippen molar-refractivity contribution in [2.75, 3.05) is 12.8 Å². The van der Waals surface area contributed by atoms with Crippen LogP contribution in [-0.2, 0) is 4.79 Å². The Morgan fingerprint density at radius 3 is 2.78 bits per heavy atom. The molecule has 0 aliphatic rings. The van der Waals surface area contributed by atoms with E-state index in [0.717, 1.165) is 38.8 Å². The SMILES string of the molecule is CNSc1cccc(-c2cc([NH2+]O)cc(-c3nc(SCC(=O)O)n[nH]3)c2)c1. The summed E-state index contributed by atoms with van der Waals surface area (Å²) in [6, 6.07) is 13.6. The number of aromatic nitrogens is 3. The van der Waals surface area contributed by atoms with E-state index < -0.39 is 5.97 Å². The normalized spacial score (nSPS) is 10.9. The average molecular weight is 404 g/mol. The summed E-state index contributed by atoms with van der Waals surface area (Å²) in [5.41, 5.74) is 4.33. The first-order chi connectivity index (χ1) is 13.1. The molecule has 0 unspecified atom stereocenters. The molecule has 2 aromatic carbocycles. The van der Waals surface area contributed by atoms with Crippen molar-refractivity contribution >= 4 is 35.4 Å². The molecule has 0 bridgehead atoms. The van der Waals surface area contributed by atoms with Gasteiger partial charge in [0.2, 0.25) is 5.16 Å². The molecule has 27 heavy (non-hydrogen) atoms. The number of aliphatic carboxylic acids is 1. The van der Waals surface area contributed by atoms with Gasteiger partial charge in [0.15, 0.2) is 11.5 Å². The number of nitrogens with zero attached hydrogens (tertiary/aromatic N) is 2. The number of nitrogens with one attached hydrogen (secondary N) is 2. The van der Waals surface area contributed by atoms with E-state index in [4.69, 9.17) is 5.11 Å². The van der Waals surface area contributed by atoms with Crippen molar-refractivity contribution in [2.24, 2.45) is 0 Å². The quantitative estimate of drug-likeness (QED) is 0.167. The Morgan fingerprint density at radius 2 is 2.04 bits per heavy atom. The van der Waals surface area contributed by atoms with Crippen LogP contribution in [0.5, 0.6) is 0 Å². The maximum Gasteiger partial charge on any atom is 0.313 e. The molecule has 0 amide bonds. The van der Waals surface area contributed by atoms with Gasteiger partial charge in [-0.25, -0.2) is 10.2 Å². The molecule has 0 atom stereocenters. The fourth-order valence-corrected chi connectivity index (χ4v) is 3.54. The minimum atomic E-state index is -0.926. The molecule has 140 valence electrons. The summed E-state index contributed by atoms with van der Waals surface area (Å²) in [5, 5.41) is 25.5. The highest BCUT2D eigenvalue weighted by molar-refractivity contribution is 7.99. The smallest absolute Gasteiger partial charge is 0.313 e. The van der Waals surface area contributed by atoms with Crippen LogP contribution in [0.4, 0.5) is 5.69 Å². The van der Waals surface area contributed by atoms with Crippen LogP contribution in [0.1, 0.15) is 0 Å². The van der Waals surface area contributed by atoms with Crippen LogP contribution in [0.15, 0.2) is 52.5 Å². The Balaban J connectivity index is 1.94. The van der Waals surface area contributed by atoms with Crippen molar-refractivity contribution in [3.63, 3.8) is 0 Å². The van der Waals surface area contributed by atoms with E-state index in [1.54, 1.807) is 6.07 Å². The highest BCUT2D eigenvalue weighted by Gasteiger charge is 2.12. The van der Waals surface area contributed by atoms with Crippen LogP contribution >= 0.6 is 23.7 Å². The van der Waals surface area contributed by atoms with Crippen molar-refractivity contribution in [1.82, 2.24) is 19.9 Å². The Hall–Kier alpha value is -2.37. The summed E-state index contributed by atoms with van der Waals surface area (Å²) in [4.78, 5) is 16.1. The van der Waals surface area contributed by atoms with Gasteiger partial charge in [0, 0.05) is 22.6 Å². The van der Waals surface area contributed by atoms with Crippen molar-refractivity contribution < 1.29 is 20.6 Å². The molecule has 0 saturated carbocycles. The van der Waals surface area contributed by atoms with Crippen molar-refractivity contribution in [2.45, 2.75) is 10.1 Å². The van der Waals surface area contributed by atoms with Crippen LogP contribution in [-0.4, -0.2) is 44.3 Å². The molecule has 6 N–H and O–H groups in total. The number of benzene rings is 2. The number of nitrogens with two attached hydrogens (primary N) is 1. The van der Waals surface area contributed by atoms with Gasteiger partial charge in [0.25, 0.3) is 0 Å². The van der Waals surface area contributed by atoms with Gasteiger partial charge >= 0.3 is 5.97 Å². The summed E-state index contributed by atoms with van der Waals surface area (Å²) in [6.07, 6.45) is 0. The van der Waals surface area contributed by atoms with Gasteiger partial charge in [-0.05, 0) is 48.3 Å². The lowest BCUT2D eigenvalue weighted by atomic mass is 10.0. The number of carboxylic acid groups (broad SMARTS) is 1. The Labute approximate surface area is 163 Å². The first kappa shape index (κ1) is 19.4. The standard InChI is InChI=1S/C17H17N5O3S2/c1-18-27-14-4-2-3-10(8-14)11-5-12(7-13(6-11)22-25)16-19-17(21-20-16)26-9-15(23)24/h2-8,18,22,25H,9H2,1H3,(H,23,24)(H,19,20,21)/p+1. The first-order valence-corrected chi connectivity index (χ1v) is 9.73. The first-order valence-electron chi connectivity index (χ1n) is 7.93. The molecular weight excluding hydrogens is 386 g/mol. The second kappa shape index (κ2) is 9.02. The number of aromatic amines is 1. The molecule has 0 fully saturated rings. The molecule has 0 saturated heterocycles. The molecule has 10 heteroatoms. The summed E-state index contributed by atoms with van der Waals surface area (Å²) < 4.78 is 3.05. The summed E-state index contributed by atoms with van der Waals surface area (Å²) in [6.45, 7) is 0. The maximum absolute atomic E-state index is 10.7. The third kappa shape index (κ3) is 5.08. The van der Waals surface area contributed by atoms with Crippen LogP contribution in [0, 0.1) is 0 Å². The number of H-pyrrole nitrogens is 1. The van der Waals surface area contributed by atoms with E-state index in [-0.39, 0.29) is 5.75 Å². The predicted molar refractivity (Wildman–Crippen MR) is 104 cm³/mol. The number of rotatable bonds is 8. The van der Waals surface area contributed by atoms with Gasteiger partial charge in [-0.1, -0.05) is 23.9 Å². The lowest BCUT2D eigenvalue weighted by Crippen LogP contribution is -2.73. The van der Waals surface area contributed by atoms with Gasteiger partial charge in [0.05, 0.1) is 5.75 Å². The van der Waals surface area contributed by atoms with E-state index >= 15 is 0 Å². The molecule has 8 nitrogen and oxygen atoms in total. The van der Waals surface area contributed by atoms with Crippen molar-refractivity contribution in [1.29, 1.82) is 0 Å². The van der Waals surface area contributed by atoms with E-state index in [9.17, 15) is 10.0 Å². The average Bonchev–Trinajstić information content (AvgIpc) is 3.15. The lowest BCUT2D eigenvalue weighted by Gasteiger charge is -2.07. The second-order valence-corrected chi connectivity index (χ2v) is 7.48. The van der Waals surface area contributed by atoms with Crippen molar-refractivity contribution in [3.05, 3.63) is 42.5 Å². The van der Waals surface area contributed by atoms with Gasteiger partial charge in [0.1, 0.15) is 0 Å². The largest absolute Gasteiger partial charge is 0.481 e. The van der Waals surface area contributed by atoms with E-state index in [2.05, 4.69) is 26.0 Å². The molecule has 0 aliphatic carbocycles. The van der Waals surface area contributed by atoms with Gasteiger partial charge in [-0.15, -0.1) is 5.10 Å². The van der Waals surface area contributed by atoms with Crippen molar-refractivity contribution in [3.8, 4) is 22.5 Å². The van der Waals surface area contributed by atoms with E-state index in [1.165, 1.54) is 11.9 Å². The minimum absolute atomic E-state index is 0.108. The second-order valence-electron chi connectivity index (χ2n) is 5.46. The zero-order valence-corrected chi connectivity index (χ0v) is 16.0. The molecule has 0 aliphatic heterocycles. The number of hydrogen-bond acceptors (Lipinski definition) is 7. The molecule has 1 aromatic heterocycles. The fourth-order valence-electron chi connectivity index (χ4n) is 2.45. The highest BCUT2D eigenvalue weighted by Crippen LogP contribution is 2.30. The number of thioether (sulfide) groups is 1. The molecule has 3 rings (SSSR count). The van der Waals surface area contributed by atoms with E-state index in [1.807, 2.05) is 37.4 Å². The molecule has 0 radical (unpaired) electrons. The summed E-state index contributed by atoms with van der Waals surface area (Å²) >= 11 is 2.56. The van der Waals surface area contributed by atoms with E-state index in [0.29, 0.717) is 16.7 Å². The fraction of sp³-hybridized carbons (Fsp3) is 0.118. The topological polar surface area (TPSA) is 128 Å². The Bertz CT molecular complexity index is 948. The van der Waals surface area contributed by atoms with Crippen LogP contribution < -0.4 is 10.2 Å². The summed E-state index contributed by atoms with van der Waals surface area (Å²) in [7, 11) is 1.86. The number of quaternary nitrogens is 1. The lowest BCUT2D eigenvalue weighted by molar-refractivity contribution is -0.825. The minimum Gasteiger partial charge on any atom is -0.481 e. The third-order valence-electron chi connectivity index (χ3n) is 3.55. The highest BCUT2D eigenvalue weighted by atomic mass is 32.2. The van der Waals surface area contributed by atoms with Gasteiger partial charge in [-0.3, -0.25) is 14.6 Å². The van der Waals surface area contributed by atoms with Gasteiger partial charge in [-0.2, -0.15) is 5.48 Å². The Kier molecular flexibility index (Phi) is 6.48. The zero-order valence-electron chi connectivity index (χ0n) is 14.3. The third-order valence-corrected chi connectivity index (χ3v) is 5.08. The van der Waals surface area contributed by atoms with Crippen LogP contribution in [0.25, 0.3) is 22.5 Å². The number of hydrogen-bond donors (Lipinski definition) is 5. The molecule has 1 heterocycles. The number of carboxylic acids is 1. The monoisotopic (exact) mass is 404 g/mol. The van der Waals surface area contributed by atoms with Crippen LogP contribution in [0.3, 0.4) is 0 Å². The molecule has 3 aromatic rings. The molecular formula is C17H18N5O3S2+. The van der Waals surface area contributed by atoms with Crippen LogP contribution in [0.2, 0.25) is 0 Å².